The number of thioether (sulfide) groups is 1. The molecule has 2 aliphatic heterocycles. The van der Waals surface area contributed by atoms with E-state index in [1.165, 1.54) is 18.6 Å². The molecule has 3 rings (SSSR count). The average Bonchev–Trinajstić information content (AvgIpc) is 2.89. The van der Waals surface area contributed by atoms with E-state index in [1.807, 2.05) is 11.8 Å². The molecule has 2 atom stereocenters. The monoisotopic (exact) mass is 319 g/mol. The molecule has 1 aromatic rings. The SMILES string of the molecule is FC(F)(F)c1cn2c(n1)CC[C@@H](CN[C@@H]1CCCSC1)C2. The van der Waals surface area contributed by atoms with Crippen molar-refractivity contribution in [1.29, 1.82) is 0 Å². The standard InChI is InChI=1S/C14H20F3N3S/c15-14(16,17)12-8-20-7-10(3-4-13(20)19-12)6-18-11-2-1-5-21-9-11/h8,10-11,18H,1-7,9H2/t10-,11+/m0/s1. The number of rotatable bonds is 3. The van der Waals surface area contributed by atoms with Gasteiger partial charge in [-0.2, -0.15) is 24.9 Å². The molecule has 0 unspecified atom stereocenters. The van der Waals surface area contributed by atoms with Gasteiger partial charge in [0, 0.05) is 31.0 Å². The summed E-state index contributed by atoms with van der Waals surface area (Å²) in [6, 6.07) is 0.568. The first-order valence-electron chi connectivity index (χ1n) is 7.47. The van der Waals surface area contributed by atoms with Crippen molar-refractivity contribution in [2.75, 3.05) is 18.1 Å². The van der Waals surface area contributed by atoms with E-state index < -0.39 is 11.9 Å². The summed E-state index contributed by atoms with van der Waals surface area (Å²) in [6.07, 6.45) is 0.861. The molecule has 0 spiro atoms. The van der Waals surface area contributed by atoms with Gasteiger partial charge < -0.3 is 9.88 Å². The number of imidazole rings is 1. The molecule has 0 aromatic carbocycles. The van der Waals surface area contributed by atoms with Crippen LogP contribution < -0.4 is 5.32 Å². The van der Waals surface area contributed by atoms with E-state index >= 15 is 0 Å². The van der Waals surface area contributed by atoms with E-state index in [9.17, 15) is 13.2 Å². The number of aryl methyl sites for hydroxylation is 1. The molecule has 118 valence electrons. The molecule has 1 saturated heterocycles. The molecule has 1 aromatic heterocycles. The lowest BCUT2D eigenvalue weighted by molar-refractivity contribution is -0.141. The van der Waals surface area contributed by atoms with Gasteiger partial charge in [-0.15, -0.1) is 0 Å². The fourth-order valence-electron chi connectivity index (χ4n) is 3.05. The van der Waals surface area contributed by atoms with E-state index in [1.54, 1.807) is 4.57 Å². The topological polar surface area (TPSA) is 29.9 Å². The van der Waals surface area contributed by atoms with Crippen molar-refractivity contribution in [3.8, 4) is 0 Å². The molecule has 0 amide bonds. The summed E-state index contributed by atoms with van der Waals surface area (Å²) in [5.41, 5.74) is -0.755. The molecular formula is C14H20F3N3S. The van der Waals surface area contributed by atoms with Gasteiger partial charge >= 0.3 is 6.18 Å². The highest BCUT2D eigenvalue weighted by Gasteiger charge is 2.35. The highest BCUT2D eigenvalue weighted by atomic mass is 32.2. The van der Waals surface area contributed by atoms with Crippen molar-refractivity contribution in [1.82, 2.24) is 14.9 Å². The van der Waals surface area contributed by atoms with E-state index in [0.717, 1.165) is 24.9 Å². The van der Waals surface area contributed by atoms with Crippen LogP contribution in [-0.2, 0) is 19.1 Å². The van der Waals surface area contributed by atoms with E-state index in [0.29, 0.717) is 30.7 Å². The van der Waals surface area contributed by atoms with Crippen molar-refractivity contribution in [2.24, 2.45) is 5.92 Å². The number of alkyl halides is 3. The molecule has 3 nitrogen and oxygen atoms in total. The second kappa shape index (κ2) is 6.20. The highest BCUT2D eigenvalue weighted by Crippen LogP contribution is 2.30. The number of hydrogen-bond donors (Lipinski definition) is 1. The lowest BCUT2D eigenvalue weighted by atomic mass is 9.99. The molecule has 0 bridgehead atoms. The van der Waals surface area contributed by atoms with Crippen LogP contribution in [0.3, 0.4) is 0 Å². The Kier molecular flexibility index (Phi) is 4.49. The van der Waals surface area contributed by atoms with Crippen LogP contribution in [0.25, 0.3) is 0 Å². The Balaban J connectivity index is 1.55. The van der Waals surface area contributed by atoms with Crippen molar-refractivity contribution < 1.29 is 13.2 Å². The number of halogens is 3. The minimum absolute atomic E-state index is 0.403. The van der Waals surface area contributed by atoms with Gasteiger partial charge in [0.25, 0.3) is 0 Å². The second-order valence-electron chi connectivity index (χ2n) is 5.92. The van der Waals surface area contributed by atoms with Crippen molar-refractivity contribution in [2.45, 2.75) is 44.4 Å². The van der Waals surface area contributed by atoms with Crippen LogP contribution in [0.5, 0.6) is 0 Å². The molecule has 0 aliphatic carbocycles. The zero-order valence-electron chi connectivity index (χ0n) is 11.8. The highest BCUT2D eigenvalue weighted by molar-refractivity contribution is 7.99. The van der Waals surface area contributed by atoms with E-state index in [2.05, 4.69) is 10.3 Å². The molecule has 2 aliphatic rings. The summed E-state index contributed by atoms with van der Waals surface area (Å²) < 4.78 is 39.7. The van der Waals surface area contributed by atoms with Gasteiger partial charge in [-0.25, -0.2) is 4.98 Å². The second-order valence-corrected chi connectivity index (χ2v) is 7.07. The van der Waals surface area contributed by atoms with Crippen LogP contribution in [-0.4, -0.2) is 33.6 Å². The summed E-state index contributed by atoms with van der Waals surface area (Å²) in [6.45, 7) is 1.54. The fourth-order valence-corrected chi connectivity index (χ4v) is 4.16. The smallest absolute Gasteiger partial charge is 0.334 e. The maximum Gasteiger partial charge on any atom is 0.434 e. The molecule has 0 radical (unpaired) electrons. The number of aromatic nitrogens is 2. The Bertz CT molecular complexity index is 480. The fraction of sp³-hybridized carbons (Fsp3) is 0.786. The summed E-state index contributed by atoms with van der Waals surface area (Å²) in [4.78, 5) is 3.72. The summed E-state index contributed by atoms with van der Waals surface area (Å²) in [7, 11) is 0. The van der Waals surface area contributed by atoms with Crippen molar-refractivity contribution in [3.05, 3.63) is 17.7 Å². The van der Waals surface area contributed by atoms with Crippen molar-refractivity contribution in [3.63, 3.8) is 0 Å². The Morgan fingerprint density at radius 2 is 2.24 bits per heavy atom. The zero-order valence-corrected chi connectivity index (χ0v) is 12.6. The predicted molar refractivity (Wildman–Crippen MR) is 77.4 cm³/mol. The van der Waals surface area contributed by atoms with Gasteiger partial charge in [0.05, 0.1) is 0 Å². The molecule has 7 heteroatoms. The third-order valence-corrected chi connectivity index (χ3v) is 5.45. The van der Waals surface area contributed by atoms with Crippen LogP contribution in [0.2, 0.25) is 0 Å². The predicted octanol–water partition coefficient (Wildman–Crippen LogP) is 2.95. The Morgan fingerprint density at radius 1 is 1.38 bits per heavy atom. The molecule has 21 heavy (non-hydrogen) atoms. The Morgan fingerprint density at radius 3 is 2.95 bits per heavy atom. The van der Waals surface area contributed by atoms with Crippen LogP contribution in [0, 0.1) is 5.92 Å². The van der Waals surface area contributed by atoms with Crippen LogP contribution >= 0.6 is 11.8 Å². The average molecular weight is 319 g/mol. The Labute approximate surface area is 126 Å². The first-order valence-corrected chi connectivity index (χ1v) is 8.62. The maximum atomic E-state index is 12.7. The van der Waals surface area contributed by atoms with Gasteiger partial charge in [0.1, 0.15) is 5.82 Å². The van der Waals surface area contributed by atoms with E-state index in [4.69, 9.17) is 0 Å². The lowest BCUT2D eigenvalue weighted by Crippen LogP contribution is -2.39. The van der Waals surface area contributed by atoms with Gasteiger partial charge in [-0.05, 0) is 37.5 Å². The van der Waals surface area contributed by atoms with Gasteiger partial charge in [0.15, 0.2) is 5.69 Å². The quantitative estimate of drug-likeness (QED) is 0.929. The minimum Gasteiger partial charge on any atom is -0.334 e. The van der Waals surface area contributed by atoms with Gasteiger partial charge in [-0.3, -0.25) is 0 Å². The first-order chi connectivity index (χ1) is 10.0. The third kappa shape index (κ3) is 3.74. The zero-order chi connectivity index (χ0) is 14.9. The number of nitrogens with one attached hydrogen (secondary N) is 1. The Hall–Kier alpha value is -0.690. The maximum absolute atomic E-state index is 12.7. The summed E-state index contributed by atoms with van der Waals surface area (Å²) in [5.74, 6) is 3.38. The number of nitrogens with zero attached hydrogens (tertiary/aromatic N) is 2. The van der Waals surface area contributed by atoms with E-state index in [-0.39, 0.29) is 0 Å². The molecular weight excluding hydrogens is 299 g/mol. The van der Waals surface area contributed by atoms with Gasteiger partial charge in [0.2, 0.25) is 0 Å². The minimum atomic E-state index is -4.34. The van der Waals surface area contributed by atoms with Crippen LogP contribution in [0.1, 0.15) is 30.8 Å². The molecule has 1 N–H and O–H groups in total. The molecule has 3 heterocycles. The number of fused-ring (bicyclic) bond motifs is 1. The third-order valence-electron chi connectivity index (χ3n) is 4.24. The van der Waals surface area contributed by atoms with Crippen LogP contribution in [0.4, 0.5) is 13.2 Å². The van der Waals surface area contributed by atoms with Crippen LogP contribution in [0.15, 0.2) is 6.20 Å². The molecule has 0 saturated carbocycles. The normalized spacial score (nSPS) is 26.6. The summed E-state index contributed by atoms with van der Waals surface area (Å²) >= 11 is 1.98. The van der Waals surface area contributed by atoms with Gasteiger partial charge in [-0.1, -0.05) is 0 Å². The first kappa shape index (κ1) is 15.2. The number of hydrogen-bond acceptors (Lipinski definition) is 3. The summed E-state index contributed by atoms with van der Waals surface area (Å²) in [5, 5.41) is 3.58. The van der Waals surface area contributed by atoms with Crippen molar-refractivity contribution >= 4 is 11.8 Å². The lowest BCUT2D eigenvalue weighted by Gasteiger charge is -2.28. The largest absolute Gasteiger partial charge is 0.434 e. The molecule has 1 fully saturated rings.